The van der Waals surface area contributed by atoms with Crippen molar-refractivity contribution in [2.45, 2.75) is 18.3 Å². The van der Waals surface area contributed by atoms with Crippen molar-refractivity contribution in [3.05, 3.63) is 29.6 Å². The van der Waals surface area contributed by atoms with E-state index in [1.807, 2.05) is 6.07 Å². The summed E-state index contributed by atoms with van der Waals surface area (Å²) in [6, 6.07) is 4.87. The molecule has 1 saturated heterocycles. The van der Waals surface area contributed by atoms with E-state index < -0.39 is 15.8 Å². The third-order valence-electron chi connectivity index (χ3n) is 4.21. The smallest absolute Gasteiger partial charge is 0.232 e. The summed E-state index contributed by atoms with van der Waals surface area (Å²) in [6.07, 6.45) is 2.83. The third kappa shape index (κ3) is 2.29. The van der Waals surface area contributed by atoms with Crippen LogP contribution in [0.2, 0.25) is 0 Å². The van der Waals surface area contributed by atoms with Crippen LogP contribution in [0.25, 0.3) is 0 Å². The molecule has 2 aliphatic heterocycles. The zero-order valence-corrected chi connectivity index (χ0v) is 12.9. The molecule has 7 heteroatoms. The zero-order valence-electron chi connectivity index (χ0n) is 11.2. The van der Waals surface area contributed by atoms with Gasteiger partial charge in [0, 0.05) is 12.0 Å². The maximum atomic E-state index is 14.1. The van der Waals surface area contributed by atoms with Crippen LogP contribution >= 0.6 is 12.4 Å². The molecule has 0 saturated carbocycles. The molecule has 1 fully saturated rings. The second kappa shape index (κ2) is 5.16. The molecule has 2 aliphatic rings. The number of piperidine rings is 1. The molecule has 1 spiro atoms. The van der Waals surface area contributed by atoms with Crippen LogP contribution in [0.5, 0.6) is 0 Å². The molecule has 1 aromatic carbocycles. The molecule has 0 radical (unpaired) electrons. The van der Waals surface area contributed by atoms with E-state index >= 15 is 0 Å². The molecule has 0 aromatic heterocycles. The Labute approximate surface area is 124 Å². The van der Waals surface area contributed by atoms with Crippen molar-refractivity contribution in [3.63, 3.8) is 0 Å². The summed E-state index contributed by atoms with van der Waals surface area (Å²) in [5.41, 5.74) is 0.873. The minimum absolute atomic E-state index is 0. The SMILES string of the molecule is CS(=O)(=O)N1CC2(CCNCC2)c2cccc(F)c21.Cl. The topological polar surface area (TPSA) is 49.4 Å². The number of rotatable bonds is 1. The lowest BCUT2D eigenvalue weighted by molar-refractivity contribution is 0.330. The molecular formula is C13H18ClFN2O2S. The Hall–Kier alpha value is -0.850. The van der Waals surface area contributed by atoms with Gasteiger partial charge in [-0.2, -0.15) is 0 Å². The van der Waals surface area contributed by atoms with Crippen LogP contribution in [0.1, 0.15) is 18.4 Å². The van der Waals surface area contributed by atoms with Gasteiger partial charge in [0.2, 0.25) is 10.0 Å². The highest BCUT2D eigenvalue weighted by Crippen LogP contribution is 2.47. The fourth-order valence-electron chi connectivity index (χ4n) is 3.25. The maximum absolute atomic E-state index is 14.1. The van der Waals surface area contributed by atoms with E-state index in [0.29, 0.717) is 6.54 Å². The van der Waals surface area contributed by atoms with Gasteiger partial charge in [0.05, 0.1) is 11.9 Å². The molecular weight excluding hydrogens is 303 g/mol. The normalized spacial score (nSPS) is 20.6. The number of fused-ring (bicyclic) bond motifs is 2. The molecule has 3 rings (SSSR count). The molecule has 0 atom stereocenters. The monoisotopic (exact) mass is 320 g/mol. The standard InChI is InChI=1S/C13H17FN2O2S.ClH/c1-19(17,18)16-9-13(5-7-15-8-6-13)10-3-2-4-11(14)12(10)16;/h2-4,15H,5-9H2,1H3;1H. The minimum Gasteiger partial charge on any atom is -0.317 e. The van der Waals surface area contributed by atoms with E-state index in [-0.39, 0.29) is 23.5 Å². The van der Waals surface area contributed by atoms with Gasteiger partial charge in [0.25, 0.3) is 0 Å². The van der Waals surface area contributed by atoms with Crippen LogP contribution in [-0.2, 0) is 15.4 Å². The van der Waals surface area contributed by atoms with Crippen molar-refractivity contribution in [3.8, 4) is 0 Å². The first-order chi connectivity index (χ1) is 8.94. The largest absolute Gasteiger partial charge is 0.317 e. The van der Waals surface area contributed by atoms with Crippen LogP contribution in [-0.4, -0.2) is 34.3 Å². The molecule has 1 aromatic rings. The highest BCUT2D eigenvalue weighted by molar-refractivity contribution is 7.92. The summed E-state index contributed by atoms with van der Waals surface area (Å²) in [6.45, 7) is 2.05. The first-order valence-electron chi connectivity index (χ1n) is 6.41. The van der Waals surface area contributed by atoms with Crippen molar-refractivity contribution in [2.24, 2.45) is 0 Å². The molecule has 1 N–H and O–H groups in total. The summed E-state index contributed by atoms with van der Waals surface area (Å²) in [5, 5.41) is 3.27. The summed E-state index contributed by atoms with van der Waals surface area (Å²) < 4.78 is 39.2. The van der Waals surface area contributed by atoms with E-state index in [0.717, 1.165) is 37.8 Å². The van der Waals surface area contributed by atoms with Crippen molar-refractivity contribution in [1.82, 2.24) is 5.32 Å². The lowest BCUT2D eigenvalue weighted by Crippen LogP contribution is -2.44. The van der Waals surface area contributed by atoms with Crippen molar-refractivity contribution in [2.75, 3.05) is 30.2 Å². The second-order valence-corrected chi connectivity index (χ2v) is 7.34. The molecule has 0 unspecified atom stereocenters. The Bertz CT molecular complexity index is 615. The molecule has 4 nitrogen and oxygen atoms in total. The maximum Gasteiger partial charge on any atom is 0.232 e. The van der Waals surface area contributed by atoms with Gasteiger partial charge < -0.3 is 5.32 Å². The number of nitrogens with one attached hydrogen (secondary N) is 1. The van der Waals surface area contributed by atoms with Gasteiger partial charge in [-0.05, 0) is 37.6 Å². The van der Waals surface area contributed by atoms with Gasteiger partial charge in [-0.25, -0.2) is 12.8 Å². The van der Waals surface area contributed by atoms with Crippen LogP contribution in [0.3, 0.4) is 0 Å². The zero-order chi connectivity index (χ0) is 13.7. The summed E-state index contributed by atoms with van der Waals surface area (Å²) in [4.78, 5) is 0. The number of sulfonamides is 1. The fraction of sp³-hybridized carbons (Fsp3) is 0.538. The third-order valence-corrected chi connectivity index (χ3v) is 5.33. The van der Waals surface area contributed by atoms with E-state index in [4.69, 9.17) is 0 Å². The first-order valence-corrected chi connectivity index (χ1v) is 8.26. The number of halogens is 2. The summed E-state index contributed by atoms with van der Waals surface area (Å²) >= 11 is 0. The fourth-order valence-corrected chi connectivity index (χ4v) is 4.25. The average Bonchev–Trinajstić information content (AvgIpc) is 2.67. The van der Waals surface area contributed by atoms with Crippen molar-refractivity contribution >= 4 is 28.1 Å². The Morgan fingerprint density at radius 2 is 1.95 bits per heavy atom. The highest BCUT2D eigenvalue weighted by Gasteiger charge is 2.47. The van der Waals surface area contributed by atoms with Gasteiger partial charge >= 0.3 is 0 Å². The Morgan fingerprint density at radius 1 is 1.30 bits per heavy atom. The second-order valence-electron chi connectivity index (χ2n) is 5.44. The van der Waals surface area contributed by atoms with Gasteiger partial charge in [-0.3, -0.25) is 4.31 Å². The van der Waals surface area contributed by atoms with Gasteiger partial charge in [-0.15, -0.1) is 12.4 Å². The predicted molar refractivity (Wildman–Crippen MR) is 79.6 cm³/mol. The molecule has 0 bridgehead atoms. The number of anilines is 1. The number of hydrogen-bond acceptors (Lipinski definition) is 3. The molecule has 0 aliphatic carbocycles. The molecule has 2 heterocycles. The van der Waals surface area contributed by atoms with Gasteiger partial charge in [0.1, 0.15) is 5.82 Å². The summed E-state index contributed by atoms with van der Waals surface area (Å²) in [7, 11) is -3.44. The number of benzene rings is 1. The van der Waals surface area contributed by atoms with Crippen LogP contribution in [0.15, 0.2) is 18.2 Å². The lowest BCUT2D eigenvalue weighted by Gasteiger charge is -2.34. The average molecular weight is 321 g/mol. The van der Waals surface area contributed by atoms with Gasteiger partial charge in [-0.1, -0.05) is 12.1 Å². The molecule has 112 valence electrons. The number of para-hydroxylation sites is 1. The van der Waals surface area contributed by atoms with Crippen LogP contribution < -0.4 is 9.62 Å². The Kier molecular flexibility index (Phi) is 4.01. The van der Waals surface area contributed by atoms with Crippen LogP contribution in [0, 0.1) is 5.82 Å². The predicted octanol–water partition coefficient (Wildman–Crippen LogP) is 1.65. The van der Waals surface area contributed by atoms with Crippen LogP contribution in [0.4, 0.5) is 10.1 Å². The molecule has 20 heavy (non-hydrogen) atoms. The van der Waals surface area contributed by atoms with Gasteiger partial charge in [0.15, 0.2) is 0 Å². The number of hydrogen-bond donors (Lipinski definition) is 1. The molecule has 0 amide bonds. The lowest BCUT2D eigenvalue weighted by atomic mass is 9.75. The van der Waals surface area contributed by atoms with E-state index in [1.165, 1.54) is 10.4 Å². The Morgan fingerprint density at radius 3 is 2.55 bits per heavy atom. The quantitative estimate of drug-likeness (QED) is 0.856. The van der Waals surface area contributed by atoms with E-state index in [1.54, 1.807) is 6.07 Å². The highest BCUT2D eigenvalue weighted by atomic mass is 35.5. The van der Waals surface area contributed by atoms with E-state index in [9.17, 15) is 12.8 Å². The minimum atomic E-state index is -3.44. The van der Waals surface area contributed by atoms with Crippen molar-refractivity contribution in [1.29, 1.82) is 0 Å². The Balaban J connectivity index is 0.00000147. The number of nitrogens with zero attached hydrogens (tertiary/aromatic N) is 1. The first kappa shape index (κ1) is 15.5. The van der Waals surface area contributed by atoms with E-state index in [2.05, 4.69) is 5.32 Å². The van der Waals surface area contributed by atoms with Crippen molar-refractivity contribution < 1.29 is 12.8 Å². The summed E-state index contributed by atoms with van der Waals surface area (Å²) in [5.74, 6) is -0.446.